The second-order valence-electron chi connectivity index (χ2n) is 2.96. The molecule has 2 nitrogen and oxygen atoms in total. The maximum absolute atomic E-state index is 8.42. The number of hydrogen-bond acceptors (Lipinski definition) is 2. The number of oxime groups is 1. The Morgan fingerprint density at radius 2 is 2.00 bits per heavy atom. The number of rotatable bonds is 3. The molecule has 0 aliphatic heterocycles. The Morgan fingerprint density at radius 1 is 1.38 bits per heavy atom. The fourth-order valence-corrected chi connectivity index (χ4v) is 1.15. The second-order valence-corrected chi connectivity index (χ2v) is 3.40. The van der Waals surface area contributed by atoms with Gasteiger partial charge in [0, 0.05) is 5.02 Å². The summed E-state index contributed by atoms with van der Waals surface area (Å²) in [4.78, 5) is 0. The van der Waals surface area contributed by atoms with Gasteiger partial charge in [0.25, 0.3) is 0 Å². The maximum atomic E-state index is 8.42. The van der Waals surface area contributed by atoms with Crippen molar-refractivity contribution in [1.29, 1.82) is 0 Å². The molecule has 0 amide bonds. The Kier molecular flexibility index (Phi) is 3.77. The molecule has 3 heteroatoms. The van der Waals surface area contributed by atoms with E-state index in [0.717, 1.165) is 23.6 Å². The van der Waals surface area contributed by atoms with Crippen LogP contribution in [0.3, 0.4) is 0 Å². The first kappa shape index (κ1) is 10.1. The molecule has 0 radical (unpaired) electrons. The van der Waals surface area contributed by atoms with Gasteiger partial charge in [-0.2, -0.15) is 0 Å². The minimum absolute atomic E-state index is 0.745. The fraction of sp³-hybridized carbons (Fsp3) is 0.300. The summed E-state index contributed by atoms with van der Waals surface area (Å²) in [5.74, 6) is 0. The quantitative estimate of drug-likeness (QED) is 0.451. The van der Waals surface area contributed by atoms with E-state index in [1.165, 1.54) is 5.56 Å². The van der Waals surface area contributed by atoms with Crippen molar-refractivity contribution in [2.45, 2.75) is 19.8 Å². The highest BCUT2D eigenvalue weighted by Gasteiger charge is 1.95. The Balaban J connectivity index is 2.51. The van der Waals surface area contributed by atoms with Gasteiger partial charge in [-0.1, -0.05) is 28.9 Å². The minimum Gasteiger partial charge on any atom is -0.411 e. The molecule has 1 N–H and O–H groups in total. The summed E-state index contributed by atoms with van der Waals surface area (Å²) in [6.45, 7) is 1.80. The van der Waals surface area contributed by atoms with Crippen molar-refractivity contribution >= 4 is 17.3 Å². The van der Waals surface area contributed by atoms with Gasteiger partial charge in [-0.25, -0.2) is 0 Å². The van der Waals surface area contributed by atoms with Crippen molar-refractivity contribution in [1.82, 2.24) is 0 Å². The molecule has 0 fully saturated rings. The SMILES string of the molecule is C/C(CCc1ccc(Cl)cc1)=N\O. The van der Waals surface area contributed by atoms with Crippen LogP contribution in [0.25, 0.3) is 0 Å². The third-order valence-corrected chi connectivity index (χ3v) is 2.11. The lowest BCUT2D eigenvalue weighted by Gasteiger charge is -1.99. The van der Waals surface area contributed by atoms with E-state index in [4.69, 9.17) is 16.8 Å². The molecular formula is C10H12ClNO. The van der Waals surface area contributed by atoms with Crippen LogP contribution < -0.4 is 0 Å². The molecule has 0 saturated heterocycles. The monoisotopic (exact) mass is 197 g/mol. The molecule has 70 valence electrons. The van der Waals surface area contributed by atoms with Crippen molar-refractivity contribution < 1.29 is 5.21 Å². The third kappa shape index (κ3) is 3.47. The molecule has 0 saturated carbocycles. The molecule has 1 aromatic carbocycles. The molecule has 0 aliphatic carbocycles. The number of halogens is 1. The van der Waals surface area contributed by atoms with Crippen LogP contribution in [0.4, 0.5) is 0 Å². The van der Waals surface area contributed by atoms with E-state index in [1.807, 2.05) is 24.3 Å². The lowest BCUT2D eigenvalue weighted by molar-refractivity contribution is 0.317. The standard InChI is InChI=1S/C10H12ClNO/c1-8(12-13)2-3-9-4-6-10(11)7-5-9/h4-7,13H,2-3H2,1H3/b12-8+. The zero-order valence-corrected chi connectivity index (χ0v) is 8.25. The van der Waals surface area contributed by atoms with Crippen LogP contribution in [-0.4, -0.2) is 10.9 Å². The minimum atomic E-state index is 0.745. The smallest absolute Gasteiger partial charge is 0.0543 e. The van der Waals surface area contributed by atoms with Crippen LogP contribution in [0.15, 0.2) is 29.4 Å². The molecule has 0 heterocycles. The Hall–Kier alpha value is -1.02. The van der Waals surface area contributed by atoms with Crippen LogP contribution in [0, 0.1) is 0 Å². The molecule has 0 atom stereocenters. The zero-order valence-electron chi connectivity index (χ0n) is 7.50. The predicted octanol–water partition coefficient (Wildman–Crippen LogP) is 3.12. The Morgan fingerprint density at radius 3 is 2.54 bits per heavy atom. The van der Waals surface area contributed by atoms with Gasteiger partial charge in [-0.3, -0.25) is 0 Å². The Labute approximate surface area is 82.8 Å². The molecule has 0 spiro atoms. The van der Waals surface area contributed by atoms with Gasteiger partial charge in [0.1, 0.15) is 0 Å². The van der Waals surface area contributed by atoms with E-state index in [1.54, 1.807) is 6.92 Å². The summed E-state index contributed by atoms with van der Waals surface area (Å²) in [5, 5.41) is 12.3. The first-order valence-corrected chi connectivity index (χ1v) is 4.52. The Bertz CT molecular complexity index is 292. The van der Waals surface area contributed by atoms with Gasteiger partial charge in [-0.05, 0) is 37.5 Å². The molecule has 0 aliphatic rings. The van der Waals surface area contributed by atoms with E-state index < -0.39 is 0 Å². The highest BCUT2D eigenvalue weighted by molar-refractivity contribution is 6.30. The number of nitrogens with zero attached hydrogens (tertiary/aromatic N) is 1. The molecular weight excluding hydrogens is 186 g/mol. The van der Waals surface area contributed by atoms with E-state index in [-0.39, 0.29) is 0 Å². The zero-order chi connectivity index (χ0) is 9.68. The summed E-state index contributed by atoms with van der Waals surface area (Å²) >= 11 is 5.74. The maximum Gasteiger partial charge on any atom is 0.0543 e. The number of hydrogen-bond donors (Lipinski definition) is 1. The van der Waals surface area contributed by atoms with E-state index in [0.29, 0.717) is 0 Å². The highest BCUT2D eigenvalue weighted by atomic mass is 35.5. The van der Waals surface area contributed by atoms with Gasteiger partial charge >= 0.3 is 0 Å². The first-order chi connectivity index (χ1) is 6.22. The number of aryl methyl sites for hydroxylation is 1. The molecule has 13 heavy (non-hydrogen) atoms. The topological polar surface area (TPSA) is 32.6 Å². The van der Waals surface area contributed by atoms with Gasteiger partial charge < -0.3 is 5.21 Å². The normalized spacial score (nSPS) is 11.7. The van der Waals surface area contributed by atoms with E-state index >= 15 is 0 Å². The summed E-state index contributed by atoms with van der Waals surface area (Å²) in [6.07, 6.45) is 1.66. The van der Waals surface area contributed by atoms with E-state index in [2.05, 4.69) is 5.16 Å². The average Bonchev–Trinajstić information content (AvgIpc) is 2.16. The molecule has 0 unspecified atom stereocenters. The average molecular weight is 198 g/mol. The van der Waals surface area contributed by atoms with Crippen LogP contribution in [-0.2, 0) is 6.42 Å². The first-order valence-electron chi connectivity index (χ1n) is 4.14. The van der Waals surface area contributed by atoms with Crippen molar-refractivity contribution in [3.63, 3.8) is 0 Å². The fourth-order valence-electron chi connectivity index (χ4n) is 1.03. The second kappa shape index (κ2) is 4.87. The number of benzene rings is 1. The summed E-state index contributed by atoms with van der Waals surface area (Å²) in [5.41, 5.74) is 1.95. The lowest BCUT2D eigenvalue weighted by Crippen LogP contribution is -1.94. The molecule has 0 aromatic heterocycles. The largest absolute Gasteiger partial charge is 0.411 e. The van der Waals surface area contributed by atoms with Gasteiger partial charge in [0.2, 0.25) is 0 Å². The van der Waals surface area contributed by atoms with Crippen LogP contribution in [0.5, 0.6) is 0 Å². The van der Waals surface area contributed by atoms with Crippen molar-refractivity contribution in [3.8, 4) is 0 Å². The lowest BCUT2D eigenvalue weighted by atomic mass is 10.1. The van der Waals surface area contributed by atoms with Gasteiger partial charge in [-0.15, -0.1) is 0 Å². The van der Waals surface area contributed by atoms with E-state index in [9.17, 15) is 0 Å². The van der Waals surface area contributed by atoms with Crippen molar-refractivity contribution in [3.05, 3.63) is 34.9 Å². The predicted molar refractivity (Wildman–Crippen MR) is 54.7 cm³/mol. The summed E-state index contributed by atoms with van der Waals surface area (Å²) in [7, 11) is 0. The van der Waals surface area contributed by atoms with Gasteiger partial charge in [0.15, 0.2) is 0 Å². The molecule has 0 bridgehead atoms. The van der Waals surface area contributed by atoms with Crippen molar-refractivity contribution in [2.75, 3.05) is 0 Å². The van der Waals surface area contributed by atoms with Crippen LogP contribution >= 0.6 is 11.6 Å². The van der Waals surface area contributed by atoms with Crippen molar-refractivity contribution in [2.24, 2.45) is 5.16 Å². The van der Waals surface area contributed by atoms with Crippen LogP contribution in [0.2, 0.25) is 5.02 Å². The third-order valence-electron chi connectivity index (χ3n) is 1.86. The summed E-state index contributed by atoms with van der Waals surface area (Å²) < 4.78 is 0. The molecule has 1 rings (SSSR count). The van der Waals surface area contributed by atoms with Gasteiger partial charge in [0.05, 0.1) is 5.71 Å². The summed E-state index contributed by atoms with van der Waals surface area (Å²) in [6, 6.07) is 7.69. The molecule has 1 aromatic rings. The van der Waals surface area contributed by atoms with Crippen LogP contribution in [0.1, 0.15) is 18.9 Å². The highest BCUT2D eigenvalue weighted by Crippen LogP contribution is 2.11.